The predicted octanol–water partition coefficient (Wildman–Crippen LogP) is 3.33. The zero-order valence-corrected chi connectivity index (χ0v) is 12.3. The van der Waals surface area contributed by atoms with E-state index in [0.717, 1.165) is 0 Å². The summed E-state index contributed by atoms with van der Waals surface area (Å²) < 4.78 is 24.8. The molecule has 0 bridgehead atoms. The standard InChI is InChI=1S/C15H18FN3O2/c1-4-11-14(16)15(18-9-17-11)19-10-6-7-12(21-5-2)13(8-10)20-3/h6-9H,4-5H2,1-3H3,(H,17,18,19). The zero-order valence-electron chi connectivity index (χ0n) is 12.3. The fourth-order valence-corrected chi connectivity index (χ4v) is 1.90. The lowest BCUT2D eigenvalue weighted by molar-refractivity contribution is 0.311. The summed E-state index contributed by atoms with van der Waals surface area (Å²) in [5.41, 5.74) is 1.04. The summed E-state index contributed by atoms with van der Waals surface area (Å²) in [4.78, 5) is 7.83. The van der Waals surface area contributed by atoms with Gasteiger partial charge in [0.1, 0.15) is 6.33 Å². The Morgan fingerprint density at radius 1 is 1.19 bits per heavy atom. The number of ether oxygens (including phenoxy) is 2. The third-order valence-electron chi connectivity index (χ3n) is 2.92. The van der Waals surface area contributed by atoms with Crippen LogP contribution in [0.4, 0.5) is 15.9 Å². The molecular weight excluding hydrogens is 273 g/mol. The van der Waals surface area contributed by atoms with Crippen molar-refractivity contribution in [2.75, 3.05) is 19.0 Å². The number of halogens is 1. The monoisotopic (exact) mass is 291 g/mol. The van der Waals surface area contributed by atoms with Crippen molar-refractivity contribution in [2.24, 2.45) is 0 Å². The van der Waals surface area contributed by atoms with Crippen molar-refractivity contribution < 1.29 is 13.9 Å². The Labute approximate surface area is 123 Å². The Hall–Kier alpha value is -2.37. The van der Waals surface area contributed by atoms with E-state index in [1.807, 2.05) is 13.8 Å². The van der Waals surface area contributed by atoms with Crippen LogP contribution >= 0.6 is 0 Å². The molecule has 0 aliphatic carbocycles. The smallest absolute Gasteiger partial charge is 0.187 e. The number of aryl methyl sites for hydroxylation is 1. The molecule has 21 heavy (non-hydrogen) atoms. The lowest BCUT2D eigenvalue weighted by atomic mass is 10.2. The summed E-state index contributed by atoms with van der Waals surface area (Å²) in [5, 5.41) is 2.93. The van der Waals surface area contributed by atoms with Crippen LogP contribution < -0.4 is 14.8 Å². The largest absolute Gasteiger partial charge is 0.493 e. The Morgan fingerprint density at radius 3 is 2.67 bits per heavy atom. The maximum absolute atomic E-state index is 14.1. The maximum Gasteiger partial charge on any atom is 0.187 e. The molecule has 0 saturated heterocycles. The van der Waals surface area contributed by atoms with Crippen LogP contribution in [-0.4, -0.2) is 23.7 Å². The van der Waals surface area contributed by atoms with Gasteiger partial charge in [0.25, 0.3) is 0 Å². The average molecular weight is 291 g/mol. The van der Waals surface area contributed by atoms with Gasteiger partial charge in [0.15, 0.2) is 23.1 Å². The van der Waals surface area contributed by atoms with Crippen molar-refractivity contribution in [3.63, 3.8) is 0 Å². The summed E-state index contributed by atoms with van der Waals surface area (Å²) in [6.45, 7) is 4.28. The van der Waals surface area contributed by atoms with E-state index in [-0.39, 0.29) is 5.82 Å². The number of hydrogen-bond acceptors (Lipinski definition) is 5. The van der Waals surface area contributed by atoms with Gasteiger partial charge in [0.05, 0.1) is 19.4 Å². The van der Waals surface area contributed by atoms with Gasteiger partial charge < -0.3 is 14.8 Å². The predicted molar refractivity (Wildman–Crippen MR) is 78.8 cm³/mol. The number of aromatic nitrogens is 2. The molecular formula is C15H18FN3O2. The topological polar surface area (TPSA) is 56.3 Å². The molecule has 0 atom stereocenters. The van der Waals surface area contributed by atoms with E-state index in [9.17, 15) is 4.39 Å². The van der Waals surface area contributed by atoms with Crippen LogP contribution in [0, 0.1) is 5.82 Å². The normalized spacial score (nSPS) is 10.3. The molecule has 112 valence electrons. The molecule has 6 heteroatoms. The van der Waals surface area contributed by atoms with E-state index in [0.29, 0.717) is 35.9 Å². The highest BCUT2D eigenvalue weighted by Gasteiger charge is 2.11. The second kappa shape index (κ2) is 6.88. The van der Waals surface area contributed by atoms with Gasteiger partial charge >= 0.3 is 0 Å². The molecule has 2 rings (SSSR count). The number of nitrogens with zero attached hydrogens (tertiary/aromatic N) is 2. The van der Waals surface area contributed by atoms with Gasteiger partial charge in [-0.25, -0.2) is 14.4 Å². The van der Waals surface area contributed by atoms with Gasteiger partial charge in [0, 0.05) is 11.8 Å². The Bertz CT molecular complexity index is 620. The quantitative estimate of drug-likeness (QED) is 0.884. The van der Waals surface area contributed by atoms with E-state index in [2.05, 4.69) is 15.3 Å². The van der Waals surface area contributed by atoms with E-state index in [1.165, 1.54) is 6.33 Å². The third kappa shape index (κ3) is 3.39. The van der Waals surface area contributed by atoms with Crippen molar-refractivity contribution in [1.82, 2.24) is 9.97 Å². The van der Waals surface area contributed by atoms with Crippen LogP contribution in [0.1, 0.15) is 19.5 Å². The molecule has 1 aromatic heterocycles. The van der Waals surface area contributed by atoms with Crippen LogP contribution in [0.3, 0.4) is 0 Å². The SMILES string of the molecule is CCOc1ccc(Nc2ncnc(CC)c2F)cc1OC. The molecule has 2 aromatic rings. The van der Waals surface area contributed by atoms with Gasteiger partial charge in [-0.2, -0.15) is 0 Å². The highest BCUT2D eigenvalue weighted by Crippen LogP contribution is 2.31. The fourth-order valence-electron chi connectivity index (χ4n) is 1.90. The number of anilines is 2. The molecule has 0 unspecified atom stereocenters. The van der Waals surface area contributed by atoms with Crippen LogP contribution in [0.5, 0.6) is 11.5 Å². The second-order valence-corrected chi connectivity index (χ2v) is 4.26. The summed E-state index contributed by atoms with van der Waals surface area (Å²) in [6.07, 6.45) is 1.85. The Kier molecular flexibility index (Phi) is 4.92. The average Bonchev–Trinajstić information content (AvgIpc) is 2.51. The van der Waals surface area contributed by atoms with Crippen molar-refractivity contribution >= 4 is 11.5 Å². The van der Waals surface area contributed by atoms with Gasteiger partial charge in [-0.15, -0.1) is 0 Å². The number of rotatable bonds is 6. The highest BCUT2D eigenvalue weighted by atomic mass is 19.1. The van der Waals surface area contributed by atoms with Crippen molar-refractivity contribution in [3.05, 3.63) is 36.0 Å². The van der Waals surface area contributed by atoms with Gasteiger partial charge in [-0.05, 0) is 25.5 Å². The number of benzene rings is 1. The summed E-state index contributed by atoms with van der Waals surface area (Å²) >= 11 is 0. The van der Waals surface area contributed by atoms with Crippen LogP contribution in [0.15, 0.2) is 24.5 Å². The first kappa shape index (κ1) is 15.0. The van der Waals surface area contributed by atoms with Gasteiger partial charge in [0.2, 0.25) is 0 Å². The first-order chi connectivity index (χ1) is 10.2. The van der Waals surface area contributed by atoms with Gasteiger partial charge in [-0.3, -0.25) is 0 Å². The van der Waals surface area contributed by atoms with E-state index in [4.69, 9.17) is 9.47 Å². The van der Waals surface area contributed by atoms with Crippen LogP contribution in [-0.2, 0) is 6.42 Å². The lowest BCUT2D eigenvalue weighted by Gasteiger charge is -2.12. The molecule has 0 aliphatic rings. The zero-order chi connectivity index (χ0) is 15.2. The number of methoxy groups -OCH3 is 1. The van der Waals surface area contributed by atoms with Gasteiger partial charge in [-0.1, -0.05) is 6.92 Å². The molecule has 0 fully saturated rings. The third-order valence-corrected chi connectivity index (χ3v) is 2.92. The first-order valence-electron chi connectivity index (χ1n) is 6.76. The summed E-state index contributed by atoms with van der Waals surface area (Å²) in [6, 6.07) is 5.28. The maximum atomic E-state index is 14.1. The highest BCUT2D eigenvalue weighted by molar-refractivity contribution is 5.61. The molecule has 0 radical (unpaired) electrons. The number of nitrogens with one attached hydrogen (secondary N) is 1. The Balaban J connectivity index is 2.28. The van der Waals surface area contributed by atoms with E-state index < -0.39 is 5.82 Å². The minimum Gasteiger partial charge on any atom is -0.493 e. The van der Waals surface area contributed by atoms with Crippen molar-refractivity contribution in [3.8, 4) is 11.5 Å². The molecule has 0 aliphatic heterocycles. The summed E-state index contributed by atoms with van der Waals surface area (Å²) in [7, 11) is 1.56. The van der Waals surface area contributed by atoms with E-state index >= 15 is 0 Å². The molecule has 0 saturated carbocycles. The summed E-state index contributed by atoms with van der Waals surface area (Å²) in [5.74, 6) is 0.927. The molecule has 0 amide bonds. The minimum absolute atomic E-state index is 0.146. The lowest BCUT2D eigenvalue weighted by Crippen LogP contribution is -2.03. The number of hydrogen-bond donors (Lipinski definition) is 1. The van der Waals surface area contributed by atoms with Crippen LogP contribution in [0.25, 0.3) is 0 Å². The first-order valence-corrected chi connectivity index (χ1v) is 6.76. The van der Waals surface area contributed by atoms with Crippen LogP contribution in [0.2, 0.25) is 0 Å². The molecule has 1 N–H and O–H groups in total. The second-order valence-electron chi connectivity index (χ2n) is 4.26. The van der Waals surface area contributed by atoms with Crippen molar-refractivity contribution in [2.45, 2.75) is 20.3 Å². The molecule has 5 nitrogen and oxygen atoms in total. The van der Waals surface area contributed by atoms with Crippen molar-refractivity contribution in [1.29, 1.82) is 0 Å². The molecule has 1 heterocycles. The van der Waals surface area contributed by atoms with E-state index in [1.54, 1.807) is 25.3 Å². The molecule has 1 aromatic carbocycles. The minimum atomic E-state index is -0.437. The Morgan fingerprint density at radius 2 is 2.00 bits per heavy atom. The molecule has 0 spiro atoms. The fraction of sp³-hybridized carbons (Fsp3) is 0.333.